The summed E-state index contributed by atoms with van der Waals surface area (Å²) in [5.74, 6) is 2.63. The molecule has 5 nitrogen and oxygen atoms in total. The van der Waals surface area contributed by atoms with Crippen molar-refractivity contribution in [2.24, 2.45) is 11.8 Å². The zero-order valence-corrected chi connectivity index (χ0v) is 28.6. The van der Waals surface area contributed by atoms with Crippen molar-refractivity contribution in [3.63, 3.8) is 0 Å². The normalized spacial score (nSPS) is 16.5. The molecule has 0 radical (unpaired) electrons. The Morgan fingerprint density at radius 1 is 0.804 bits per heavy atom. The Kier molecular flexibility index (Phi) is 8.46. The number of hydrogen-bond acceptors (Lipinski definition) is 5. The third-order valence-corrected chi connectivity index (χ3v) is 9.59. The monoisotopic (exact) mass is 662 g/mol. The number of nitrogen functional groups attached to an aromatic ring is 1. The molecule has 248 valence electrons. The van der Waals surface area contributed by atoms with Gasteiger partial charge in [0.1, 0.15) is 11.2 Å². The highest BCUT2D eigenvalue weighted by Gasteiger charge is 2.38. The van der Waals surface area contributed by atoms with Crippen LogP contribution in [0.2, 0.25) is 0 Å². The van der Waals surface area contributed by atoms with Crippen molar-refractivity contribution in [3.8, 4) is 34.2 Å². The summed E-state index contributed by atoms with van der Waals surface area (Å²) in [6, 6.07) is 39.2. The van der Waals surface area contributed by atoms with Crippen molar-refractivity contribution in [2.45, 2.75) is 19.8 Å². The summed E-state index contributed by atoms with van der Waals surface area (Å²) in [6.07, 6.45) is 10.5. The van der Waals surface area contributed by atoms with E-state index in [1.807, 2.05) is 66.7 Å². The van der Waals surface area contributed by atoms with Crippen LogP contribution in [0.1, 0.15) is 25.3 Å². The predicted molar refractivity (Wildman–Crippen MR) is 211 cm³/mol. The summed E-state index contributed by atoms with van der Waals surface area (Å²) >= 11 is 0. The fraction of sp³-hybridized carbons (Fsp3) is 0.109. The lowest BCUT2D eigenvalue weighted by atomic mass is 9.95. The van der Waals surface area contributed by atoms with Crippen LogP contribution in [0.25, 0.3) is 67.8 Å². The molecule has 0 amide bonds. The van der Waals surface area contributed by atoms with Crippen LogP contribution in [-0.4, -0.2) is 15.0 Å². The van der Waals surface area contributed by atoms with Crippen LogP contribution < -0.4 is 16.2 Å². The minimum atomic E-state index is 0.406. The molecule has 1 fully saturated rings. The van der Waals surface area contributed by atoms with E-state index < -0.39 is 0 Å². The van der Waals surface area contributed by atoms with Crippen LogP contribution in [0, 0.1) is 11.8 Å². The Morgan fingerprint density at radius 2 is 1.53 bits per heavy atom. The molecule has 2 heterocycles. The van der Waals surface area contributed by atoms with Gasteiger partial charge in [0.15, 0.2) is 17.5 Å². The Labute approximate surface area is 297 Å². The van der Waals surface area contributed by atoms with Gasteiger partial charge in [0, 0.05) is 33.2 Å². The van der Waals surface area contributed by atoms with Gasteiger partial charge in [-0.25, -0.2) is 15.0 Å². The van der Waals surface area contributed by atoms with E-state index >= 15 is 0 Å². The lowest BCUT2D eigenvalue weighted by Gasteiger charge is -2.12. The molecule has 2 aromatic heterocycles. The predicted octanol–water partition coefficient (Wildman–Crippen LogP) is 9.68. The molecular formula is C46H38N4O. The van der Waals surface area contributed by atoms with E-state index in [4.69, 9.17) is 25.1 Å². The Hall–Kier alpha value is -6.33. The number of allylic oxidation sites excluding steroid dienone is 4. The van der Waals surface area contributed by atoms with Gasteiger partial charge >= 0.3 is 0 Å². The maximum Gasteiger partial charge on any atom is 0.164 e. The number of benzene rings is 5. The van der Waals surface area contributed by atoms with E-state index in [-0.39, 0.29) is 0 Å². The van der Waals surface area contributed by atoms with Gasteiger partial charge in [-0.3, -0.25) is 0 Å². The molecule has 0 saturated heterocycles. The van der Waals surface area contributed by atoms with E-state index in [2.05, 4.69) is 86.8 Å². The van der Waals surface area contributed by atoms with Gasteiger partial charge in [0.2, 0.25) is 0 Å². The number of fused-ring (bicyclic) bond motifs is 3. The Morgan fingerprint density at radius 3 is 2.29 bits per heavy atom. The van der Waals surface area contributed by atoms with E-state index in [1.165, 1.54) is 21.6 Å². The molecule has 8 rings (SSSR count). The smallest absolute Gasteiger partial charge is 0.164 e. The average Bonchev–Trinajstić information content (AvgIpc) is 3.84. The largest absolute Gasteiger partial charge is 0.456 e. The second-order valence-electron chi connectivity index (χ2n) is 13.0. The number of nitrogens with two attached hydrogens (primary N) is 1. The molecule has 0 aliphatic heterocycles. The molecule has 1 aliphatic rings. The van der Waals surface area contributed by atoms with Gasteiger partial charge in [-0.1, -0.05) is 135 Å². The van der Waals surface area contributed by atoms with Gasteiger partial charge in [-0.15, -0.1) is 0 Å². The highest BCUT2D eigenvalue weighted by Crippen LogP contribution is 2.48. The quantitative estimate of drug-likeness (QED) is 0.123. The molecular weight excluding hydrogens is 625 g/mol. The van der Waals surface area contributed by atoms with Crippen LogP contribution in [0.4, 0.5) is 5.69 Å². The van der Waals surface area contributed by atoms with E-state index in [1.54, 1.807) is 6.08 Å². The first kappa shape index (κ1) is 31.9. The zero-order valence-electron chi connectivity index (χ0n) is 28.6. The number of rotatable bonds is 9. The summed E-state index contributed by atoms with van der Waals surface area (Å²) in [7, 11) is 0. The highest BCUT2D eigenvalue weighted by molar-refractivity contribution is 6.12. The summed E-state index contributed by atoms with van der Waals surface area (Å²) in [4.78, 5) is 15.2. The van der Waals surface area contributed by atoms with Crippen LogP contribution in [-0.2, 0) is 0 Å². The van der Waals surface area contributed by atoms with Gasteiger partial charge in [-0.2, -0.15) is 0 Å². The molecule has 2 N–H and O–H groups in total. The SMILES string of the molecule is C=CC(=C)/C=C\C1CC1C(c1ccc(-c2nc(-c3ccccc3)nc(-c3cccc4oc5ccc(N)cc5c34)n2)cc1)=c1cccc/c1=C/CC. The van der Waals surface area contributed by atoms with Crippen LogP contribution in [0.3, 0.4) is 0 Å². The first-order chi connectivity index (χ1) is 25.0. The van der Waals surface area contributed by atoms with Crippen molar-refractivity contribution in [2.75, 3.05) is 5.73 Å². The Bertz CT molecular complexity index is 2600. The van der Waals surface area contributed by atoms with Crippen LogP contribution >= 0.6 is 0 Å². The Balaban J connectivity index is 1.27. The van der Waals surface area contributed by atoms with Gasteiger partial charge < -0.3 is 10.2 Å². The fourth-order valence-electron chi connectivity index (χ4n) is 6.96. The van der Waals surface area contributed by atoms with Crippen molar-refractivity contribution in [3.05, 3.63) is 168 Å². The topological polar surface area (TPSA) is 77.8 Å². The number of nitrogens with zero attached hydrogens (tertiary/aromatic N) is 3. The second kappa shape index (κ2) is 13.5. The lowest BCUT2D eigenvalue weighted by molar-refractivity contribution is 0.669. The molecule has 5 heteroatoms. The van der Waals surface area contributed by atoms with Gasteiger partial charge in [0.05, 0.1) is 0 Å². The molecule has 1 aliphatic carbocycles. The maximum absolute atomic E-state index is 6.22. The number of aromatic nitrogens is 3. The summed E-state index contributed by atoms with van der Waals surface area (Å²) in [6.45, 7) is 10.1. The number of hydrogen-bond donors (Lipinski definition) is 1. The minimum Gasteiger partial charge on any atom is -0.456 e. The summed E-state index contributed by atoms with van der Waals surface area (Å²) < 4.78 is 6.22. The maximum atomic E-state index is 6.22. The molecule has 2 atom stereocenters. The molecule has 0 spiro atoms. The lowest BCUT2D eigenvalue weighted by Crippen LogP contribution is -2.27. The van der Waals surface area contributed by atoms with E-state index in [0.717, 1.165) is 57.0 Å². The molecule has 0 bridgehead atoms. The van der Waals surface area contributed by atoms with Crippen molar-refractivity contribution in [1.29, 1.82) is 0 Å². The second-order valence-corrected chi connectivity index (χ2v) is 13.0. The summed E-state index contributed by atoms with van der Waals surface area (Å²) in [5, 5.41) is 4.41. The molecule has 51 heavy (non-hydrogen) atoms. The first-order valence-corrected chi connectivity index (χ1v) is 17.4. The zero-order chi connectivity index (χ0) is 34.9. The van der Waals surface area contributed by atoms with E-state index in [0.29, 0.717) is 35.0 Å². The number of furan rings is 1. The van der Waals surface area contributed by atoms with Crippen LogP contribution in [0.5, 0.6) is 0 Å². The highest BCUT2D eigenvalue weighted by atomic mass is 16.3. The third-order valence-electron chi connectivity index (χ3n) is 9.59. The van der Waals surface area contributed by atoms with Gasteiger partial charge in [-0.05, 0) is 76.1 Å². The first-order valence-electron chi connectivity index (χ1n) is 17.4. The molecule has 7 aromatic rings. The fourth-order valence-corrected chi connectivity index (χ4v) is 6.96. The standard InChI is InChI=1S/C46H38N4O/c1-4-12-30-13-9-10-16-36(30)42(38-27-34(38)20-19-29(3)5-2)31-21-23-33(24-22-31)45-48-44(32-14-7-6-8-15-32)49-46(50-45)37-17-11-18-41-43(37)39-28-35(47)25-26-40(39)51-41/h5-26,28,34,38H,2-4,27,47H2,1H3/b20-19-,30-12-,42-36?. The van der Waals surface area contributed by atoms with Crippen LogP contribution in [0.15, 0.2) is 157 Å². The van der Waals surface area contributed by atoms with E-state index in [9.17, 15) is 0 Å². The van der Waals surface area contributed by atoms with Crippen molar-refractivity contribution < 1.29 is 4.42 Å². The average molecular weight is 663 g/mol. The third kappa shape index (κ3) is 6.30. The molecule has 1 saturated carbocycles. The van der Waals surface area contributed by atoms with Crippen molar-refractivity contribution in [1.82, 2.24) is 15.0 Å². The number of anilines is 1. The minimum absolute atomic E-state index is 0.406. The molecule has 2 unspecified atom stereocenters. The molecule has 5 aromatic carbocycles. The van der Waals surface area contributed by atoms with Crippen molar-refractivity contribution >= 4 is 39.3 Å². The summed E-state index contributed by atoms with van der Waals surface area (Å²) in [5.41, 5.74) is 14.6. The van der Waals surface area contributed by atoms with Gasteiger partial charge in [0.25, 0.3) is 0 Å².